The summed E-state index contributed by atoms with van der Waals surface area (Å²) in [6.45, 7) is 10.1. The monoisotopic (exact) mass is 289 g/mol. The van der Waals surface area contributed by atoms with Gasteiger partial charge in [0.2, 0.25) is 0 Å². The SMILES string of the molecule is CCCCC(CC)CNC1CC(C)(C)Oc2ccccc21. The van der Waals surface area contributed by atoms with Crippen LogP contribution < -0.4 is 10.1 Å². The molecule has 2 atom stereocenters. The van der Waals surface area contributed by atoms with Gasteiger partial charge in [0.25, 0.3) is 0 Å². The van der Waals surface area contributed by atoms with Crippen LogP contribution in [-0.2, 0) is 0 Å². The molecule has 2 heteroatoms. The molecule has 2 rings (SSSR count). The molecule has 0 bridgehead atoms. The van der Waals surface area contributed by atoms with Gasteiger partial charge in [-0.15, -0.1) is 0 Å². The van der Waals surface area contributed by atoms with Crippen molar-refractivity contribution in [1.82, 2.24) is 5.32 Å². The lowest BCUT2D eigenvalue weighted by Gasteiger charge is -2.38. The van der Waals surface area contributed by atoms with Crippen molar-refractivity contribution in [2.75, 3.05) is 6.54 Å². The molecule has 1 aromatic carbocycles. The Hall–Kier alpha value is -1.02. The van der Waals surface area contributed by atoms with E-state index in [1.54, 1.807) is 0 Å². The molecule has 0 amide bonds. The molecule has 118 valence electrons. The van der Waals surface area contributed by atoms with E-state index in [0.717, 1.165) is 24.6 Å². The van der Waals surface area contributed by atoms with E-state index in [1.807, 2.05) is 0 Å². The zero-order chi connectivity index (χ0) is 15.3. The number of unbranched alkanes of at least 4 members (excludes halogenated alkanes) is 1. The van der Waals surface area contributed by atoms with Gasteiger partial charge in [-0.05, 0) is 38.8 Å². The number of para-hydroxylation sites is 1. The summed E-state index contributed by atoms with van der Waals surface area (Å²) in [5, 5.41) is 3.81. The standard InChI is InChI=1S/C19H31NO/c1-5-7-10-15(6-2)14-20-17-13-19(3,4)21-18-12-9-8-11-16(17)18/h8-9,11-12,15,17,20H,5-7,10,13-14H2,1-4H3. The van der Waals surface area contributed by atoms with Crippen LogP contribution >= 0.6 is 0 Å². The molecule has 1 N–H and O–H groups in total. The zero-order valence-corrected chi connectivity index (χ0v) is 14.1. The first kappa shape index (κ1) is 16.4. The Bertz CT molecular complexity index is 441. The number of benzene rings is 1. The Morgan fingerprint density at radius 2 is 2.05 bits per heavy atom. The topological polar surface area (TPSA) is 21.3 Å². The van der Waals surface area contributed by atoms with Gasteiger partial charge in [-0.2, -0.15) is 0 Å². The number of nitrogens with one attached hydrogen (secondary N) is 1. The number of hydrogen-bond donors (Lipinski definition) is 1. The van der Waals surface area contributed by atoms with Crippen molar-refractivity contribution in [3.63, 3.8) is 0 Å². The lowest BCUT2D eigenvalue weighted by Crippen LogP contribution is -2.40. The van der Waals surface area contributed by atoms with Crippen molar-refractivity contribution in [2.24, 2.45) is 5.92 Å². The quantitative estimate of drug-likeness (QED) is 0.754. The molecule has 1 aromatic rings. The van der Waals surface area contributed by atoms with E-state index in [1.165, 1.54) is 31.2 Å². The third-order valence-corrected chi connectivity index (χ3v) is 4.57. The highest BCUT2D eigenvalue weighted by atomic mass is 16.5. The van der Waals surface area contributed by atoms with Gasteiger partial charge >= 0.3 is 0 Å². The summed E-state index contributed by atoms with van der Waals surface area (Å²) in [7, 11) is 0. The summed E-state index contributed by atoms with van der Waals surface area (Å²) in [5.74, 6) is 1.84. The third-order valence-electron chi connectivity index (χ3n) is 4.57. The number of fused-ring (bicyclic) bond motifs is 1. The van der Waals surface area contributed by atoms with Crippen molar-refractivity contribution < 1.29 is 4.74 Å². The van der Waals surface area contributed by atoms with Crippen molar-refractivity contribution >= 4 is 0 Å². The smallest absolute Gasteiger partial charge is 0.124 e. The molecule has 0 saturated heterocycles. The van der Waals surface area contributed by atoms with Gasteiger partial charge < -0.3 is 10.1 Å². The minimum Gasteiger partial charge on any atom is -0.487 e. The zero-order valence-electron chi connectivity index (χ0n) is 14.1. The van der Waals surface area contributed by atoms with Gasteiger partial charge in [0.1, 0.15) is 11.4 Å². The predicted octanol–water partition coefficient (Wildman–Crippen LogP) is 5.09. The van der Waals surface area contributed by atoms with Gasteiger partial charge in [0.15, 0.2) is 0 Å². The Balaban J connectivity index is 2.02. The van der Waals surface area contributed by atoms with Gasteiger partial charge in [0.05, 0.1) is 0 Å². The maximum absolute atomic E-state index is 6.11. The second-order valence-corrected chi connectivity index (χ2v) is 6.98. The molecular formula is C19H31NO. The minimum absolute atomic E-state index is 0.0862. The van der Waals surface area contributed by atoms with Gasteiger partial charge in [-0.3, -0.25) is 0 Å². The summed E-state index contributed by atoms with van der Waals surface area (Å²) < 4.78 is 6.11. The predicted molar refractivity (Wildman–Crippen MR) is 89.8 cm³/mol. The van der Waals surface area contributed by atoms with Crippen LogP contribution in [0.5, 0.6) is 5.75 Å². The van der Waals surface area contributed by atoms with Crippen LogP contribution in [0.2, 0.25) is 0 Å². The maximum Gasteiger partial charge on any atom is 0.124 e. The second-order valence-electron chi connectivity index (χ2n) is 6.98. The van der Waals surface area contributed by atoms with E-state index in [-0.39, 0.29) is 5.60 Å². The van der Waals surface area contributed by atoms with Crippen LogP contribution in [0.4, 0.5) is 0 Å². The van der Waals surface area contributed by atoms with Crippen molar-refractivity contribution in [2.45, 2.75) is 71.4 Å². The van der Waals surface area contributed by atoms with E-state index >= 15 is 0 Å². The molecule has 1 aliphatic heterocycles. The highest BCUT2D eigenvalue weighted by Gasteiger charge is 2.33. The lowest BCUT2D eigenvalue weighted by atomic mass is 9.89. The fourth-order valence-electron chi connectivity index (χ4n) is 3.24. The first-order valence-corrected chi connectivity index (χ1v) is 8.57. The Morgan fingerprint density at radius 3 is 2.76 bits per heavy atom. The molecule has 0 aliphatic carbocycles. The van der Waals surface area contributed by atoms with E-state index < -0.39 is 0 Å². The van der Waals surface area contributed by atoms with Crippen LogP contribution in [0.15, 0.2) is 24.3 Å². The first-order valence-electron chi connectivity index (χ1n) is 8.57. The largest absolute Gasteiger partial charge is 0.487 e. The molecule has 0 spiro atoms. The van der Waals surface area contributed by atoms with Crippen LogP contribution in [0.3, 0.4) is 0 Å². The Labute approximate surface area is 130 Å². The molecule has 2 nitrogen and oxygen atoms in total. The van der Waals surface area contributed by atoms with E-state index in [0.29, 0.717) is 6.04 Å². The van der Waals surface area contributed by atoms with Crippen LogP contribution in [0, 0.1) is 5.92 Å². The van der Waals surface area contributed by atoms with Crippen LogP contribution in [-0.4, -0.2) is 12.1 Å². The molecule has 21 heavy (non-hydrogen) atoms. The summed E-state index contributed by atoms with van der Waals surface area (Å²) >= 11 is 0. The maximum atomic E-state index is 6.11. The summed E-state index contributed by atoms with van der Waals surface area (Å²) in [6, 6.07) is 8.89. The minimum atomic E-state index is -0.0862. The number of hydrogen-bond acceptors (Lipinski definition) is 2. The average molecular weight is 289 g/mol. The van der Waals surface area contributed by atoms with Gasteiger partial charge in [-0.25, -0.2) is 0 Å². The van der Waals surface area contributed by atoms with E-state index in [2.05, 4.69) is 57.3 Å². The fourth-order valence-corrected chi connectivity index (χ4v) is 3.24. The lowest BCUT2D eigenvalue weighted by molar-refractivity contribution is 0.0651. The summed E-state index contributed by atoms with van der Waals surface area (Å²) in [5.41, 5.74) is 1.24. The average Bonchev–Trinajstić information content (AvgIpc) is 2.46. The van der Waals surface area contributed by atoms with Gasteiger partial charge in [-0.1, -0.05) is 51.3 Å². The normalized spacial score (nSPS) is 21.4. The molecule has 1 heterocycles. The molecule has 0 saturated carbocycles. The number of rotatable bonds is 7. The Kier molecular flexibility index (Phi) is 5.69. The summed E-state index contributed by atoms with van der Waals surface area (Å²) in [4.78, 5) is 0. The molecular weight excluding hydrogens is 258 g/mol. The number of ether oxygens (including phenoxy) is 1. The van der Waals surface area contributed by atoms with Crippen LogP contribution in [0.25, 0.3) is 0 Å². The molecule has 1 aliphatic rings. The molecule has 0 radical (unpaired) electrons. The van der Waals surface area contributed by atoms with E-state index in [9.17, 15) is 0 Å². The molecule has 0 fully saturated rings. The first-order chi connectivity index (χ1) is 10.1. The molecule has 2 unspecified atom stereocenters. The van der Waals surface area contributed by atoms with Crippen molar-refractivity contribution in [1.29, 1.82) is 0 Å². The highest BCUT2D eigenvalue weighted by Crippen LogP contribution is 2.39. The molecule has 0 aromatic heterocycles. The van der Waals surface area contributed by atoms with E-state index in [4.69, 9.17) is 4.74 Å². The van der Waals surface area contributed by atoms with Crippen molar-refractivity contribution in [3.05, 3.63) is 29.8 Å². The highest BCUT2D eigenvalue weighted by molar-refractivity contribution is 5.38. The fraction of sp³-hybridized carbons (Fsp3) is 0.684. The van der Waals surface area contributed by atoms with Crippen LogP contribution in [0.1, 0.15) is 71.4 Å². The third kappa shape index (κ3) is 4.47. The van der Waals surface area contributed by atoms with Gasteiger partial charge in [0, 0.05) is 18.0 Å². The van der Waals surface area contributed by atoms with Crippen molar-refractivity contribution in [3.8, 4) is 5.75 Å². The summed E-state index contributed by atoms with van der Waals surface area (Å²) in [6.07, 6.45) is 6.28. The second kappa shape index (κ2) is 7.31. The Morgan fingerprint density at radius 1 is 1.29 bits per heavy atom.